The van der Waals surface area contributed by atoms with Crippen LogP contribution in [-0.4, -0.2) is 71.7 Å². The fourth-order valence-corrected chi connectivity index (χ4v) is 3.43. The Kier molecular flexibility index (Phi) is 5.08. The molecule has 2 heterocycles. The largest absolute Gasteiger partial charge is 0.571 e. The topological polar surface area (TPSA) is 173 Å². The molecule has 160 valence electrons. The Hall–Kier alpha value is -3.18. The number of ether oxygens (including phenoxy) is 3. The molecule has 1 fully saturated rings. The zero-order valence-electron chi connectivity index (χ0n) is 15.5. The third-order valence-electron chi connectivity index (χ3n) is 5.01. The van der Waals surface area contributed by atoms with Crippen LogP contribution >= 0.6 is 0 Å². The van der Waals surface area contributed by atoms with Crippen molar-refractivity contribution >= 4 is 6.08 Å². The summed E-state index contributed by atoms with van der Waals surface area (Å²) in [4.78, 5) is 0. The molecule has 0 amide bonds. The summed E-state index contributed by atoms with van der Waals surface area (Å²) in [7, 11) is 0. The predicted molar refractivity (Wildman–Crippen MR) is 101 cm³/mol. The van der Waals surface area contributed by atoms with Gasteiger partial charge in [0.2, 0.25) is 6.29 Å². The van der Waals surface area contributed by atoms with Gasteiger partial charge in [0.15, 0.2) is 17.3 Å². The zero-order chi connectivity index (χ0) is 21.6. The van der Waals surface area contributed by atoms with Crippen molar-refractivity contribution in [2.75, 3.05) is 6.61 Å². The normalized spacial score (nSPS) is 27.8. The van der Waals surface area contributed by atoms with Gasteiger partial charge < -0.3 is 50.0 Å². The fraction of sp³-hybridized carbons (Fsp3) is 0.300. The maximum absolute atomic E-state index is 10.2. The molecule has 30 heavy (non-hydrogen) atoms. The van der Waals surface area contributed by atoms with Crippen molar-refractivity contribution in [1.29, 1.82) is 0 Å². The van der Waals surface area contributed by atoms with Gasteiger partial charge in [-0.15, -0.1) is 0 Å². The number of aliphatic hydroxyl groups excluding tert-OH is 3. The summed E-state index contributed by atoms with van der Waals surface area (Å²) in [6, 6.07) is 6.49. The fourth-order valence-electron chi connectivity index (χ4n) is 3.43. The lowest BCUT2D eigenvalue weighted by atomic mass is 10.0. The van der Waals surface area contributed by atoms with Gasteiger partial charge in [0.25, 0.3) is 11.9 Å². The molecule has 1 unspecified atom stereocenters. The van der Waals surface area contributed by atoms with Gasteiger partial charge in [0.05, 0.1) is 18.2 Å². The molecule has 10 nitrogen and oxygen atoms in total. The number of fused-ring (bicyclic) bond motifs is 1. The molecule has 1 saturated heterocycles. The maximum atomic E-state index is 10.2. The number of rotatable bonds is 4. The van der Waals surface area contributed by atoms with E-state index in [2.05, 4.69) is 4.74 Å². The lowest BCUT2D eigenvalue weighted by molar-refractivity contribution is -0.165. The SMILES string of the molecule is OC[C@@H]1O[C@@H](OC2=Cc3c(O)cc(O)cc3[OH+]C2c2ccc(O)c(O)c2)[C@H](O)[C@H]1O. The molecular weight excluding hydrogens is 400 g/mol. The van der Waals surface area contributed by atoms with Crippen LogP contribution in [0.15, 0.2) is 36.1 Å². The minimum absolute atomic E-state index is 0.100. The first-order chi connectivity index (χ1) is 14.3. The Bertz CT molecular complexity index is 988. The first-order valence-electron chi connectivity index (χ1n) is 9.08. The number of phenols is 4. The third kappa shape index (κ3) is 3.46. The highest BCUT2D eigenvalue weighted by Crippen LogP contribution is 2.46. The molecular formula is C20H21O10+. The average molecular weight is 421 g/mol. The maximum Gasteiger partial charge on any atom is 0.270 e. The van der Waals surface area contributed by atoms with Gasteiger partial charge in [-0.3, -0.25) is 0 Å². The Labute approximate surface area is 170 Å². The van der Waals surface area contributed by atoms with Crippen LogP contribution in [0.3, 0.4) is 0 Å². The van der Waals surface area contributed by atoms with Gasteiger partial charge in [0.1, 0.15) is 35.4 Å². The van der Waals surface area contributed by atoms with Crippen molar-refractivity contribution in [2.45, 2.75) is 30.7 Å². The van der Waals surface area contributed by atoms with Crippen LogP contribution in [0.2, 0.25) is 0 Å². The van der Waals surface area contributed by atoms with Crippen LogP contribution in [0.5, 0.6) is 28.7 Å². The molecule has 5 atom stereocenters. The molecule has 0 spiro atoms. The summed E-state index contributed by atoms with van der Waals surface area (Å²) < 4.78 is 15.6. The average Bonchev–Trinajstić information content (AvgIpc) is 2.98. The van der Waals surface area contributed by atoms with Crippen molar-refractivity contribution in [2.24, 2.45) is 0 Å². The zero-order valence-corrected chi connectivity index (χ0v) is 15.5. The smallest absolute Gasteiger partial charge is 0.270 e. The molecule has 0 aromatic heterocycles. The van der Waals surface area contributed by atoms with E-state index in [1.165, 1.54) is 30.3 Å². The van der Waals surface area contributed by atoms with Gasteiger partial charge >= 0.3 is 0 Å². The highest BCUT2D eigenvalue weighted by Gasteiger charge is 2.46. The van der Waals surface area contributed by atoms with Crippen LogP contribution in [0.4, 0.5) is 0 Å². The molecule has 0 bridgehead atoms. The number of benzene rings is 2. The highest BCUT2D eigenvalue weighted by molar-refractivity contribution is 5.69. The van der Waals surface area contributed by atoms with E-state index in [0.717, 1.165) is 6.07 Å². The van der Waals surface area contributed by atoms with Crippen LogP contribution < -0.4 is 0 Å². The standard InChI is InChI=1S/C20H20O10/c21-7-16-17(26)18(27)20(30-16)29-15-6-10-12(24)4-9(22)5-14(10)28-19(15)8-1-2-11(23)13(25)3-8/h1-6,16-27H,7H2/p+1/t16-,17-,18+,19?,20+/m0/s1. The van der Waals surface area contributed by atoms with E-state index in [9.17, 15) is 35.7 Å². The second kappa shape index (κ2) is 7.58. The molecule has 4 rings (SSSR count). The van der Waals surface area contributed by atoms with E-state index in [4.69, 9.17) is 9.47 Å². The van der Waals surface area contributed by atoms with Crippen LogP contribution in [0.25, 0.3) is 6.08 Å². The molecule has 8 N–H and O–H groups in total. The van der Waals surface area contributed by atoms with Gasteiger partial charge in [-0.25, -0.2) is 0 Å². The Balaban J connectivity index is 1.74. The van der Waals surface area contributed by atoms with Crippen molar-refractivity contribution in [1.82, 2.24) is 0 Å². The Morgan fingerprint density at radius 3 is 2.37 bits per heavy atom. The van der Waals surface area contributed by atoms with Crippen molar-refractivity contribution < 1.29 is 50.0 Å². The predicted octanol–water partition coefficient (Wildman–Crippen LogP) is 0.302. The summed E-state index contributed by atoms with van der Waals surface area (Å²) in [5.41, 5.74) is 0.644. The van der Waals surface area contributed by atoms with Gasteiger partial charge in [-0.2, -0.15) is 0 Å². The summed E-state index contributed by atoms with van der Waals surface area (Å²) in [5.74, 6) is -0.840. The molecule has 2 aliphatic heterocycles. The summed E-state index contributed by atoms with van der Waals surface area (Å²) >= 11 is 0. The van der Waals surface area contributed by atoms with Crippen LogP contribution in [0, 0.1) is 0 Å². The number of hydrogen-bond acceptors (Lipinski definition) is 9. The van der Waals surface area contributed by atoms with Gasteiger partial charge in [0, 0.05) is 12.1 Å². The minimum Gasteiger partial charge on any atom is -0.571 e. The molecule has 2 aromatic rings. The summed E-state index contributed by atoms with van der Waals surface area (Å²) in [5, 5.41) is 68.8. The first kappa shape index (κ1) is 20.1. The summed E-state index contributed by atoms with van der Waals surface area (Å²) in [6.07, 6.45) is -4.65. The number of phenolic OH excluding ortho intramolecular Hbond substituents is 4. The molecule has 10 heteroatoms. The monoisotopic (exact) mass is 421 g/mol. The van der Waals surface area contributed by atoms with Crippen LogP contribution in [-0.2, 0) is 9.47 Å². The highest BCUT2D eigenvalue weighted by atomic mass is 16.7. The molecule has 0 radical (unpaired) electrons. The third-order valence-corrected chi connectivity index (χ3v) is 5.01. The number of aromatic hydroxyl groups is 5. The van der Waals surface area contributed by atoms with E-state index >= 15 is 0 Å². The lowest BCUT2D eigenvalue weighted by Crippen LogP contribution is -2.35. The second-order valence-electron chi connectivity index (χ2n) is 7.05. The van der Waals surface area contributed by atoms with E-state index in [1.807, 2.05) is 0 Å². The quantitative estimate of drug-likeness (QED) is 0.271. The van der Waals surface area contributed by atoms with Crippen LogP contribution in [0.1, 0.15) is 17.2 Å². The van der Waals surface area contributed by atoms with Gasteiger partial charge in [-0.1, -0.05) is 0 Å². The molecule has 0 saturated carbocycles. The molecule has 2 aromatic carbocycles. The number of hydrogen-bond donors (Lipinski definition) is 7. The van der Waals surface area contributed by atoms with Crippen molar-refractivity contribution in [3.05, 3.63) is 47.2 Å². The molecule has 0 aliphatic carbocycles. The summed E-state index contributed by atoms with van der Waals surface area (Å²) in [6.45, 7) is -0.528. The minimum atomic E-state index is -1.45. The van der Waals surface area contributed by atoms with E-state index in [1.54, 1.807) is 0 Å². The number of aliphatic hydroxyl groups is 4. The van der Waals surface area contributed by atoms with Crippen molar-refractivity contribution in [3.63, 3.8) is 0 Å². The molecule has 2 aliphatic rings. The Morgan fingerprint density at radius 2 is 1.70 bits per heavy atom. The van der Waals surface area contributed by atoms with E-state index in [0.29, 0.717) is 5.56 Å². The Morgan fingerprint density at radius 1 is 0.933 bits per heavy atom. The van der Waals surface area contributed by atoms with Crippen molar-refractivity contribution in [3.8, 4) is 28.7 Å². The van der Waals surface area contributed by atoms with E-state index in [-0.39, 0.29) is 40.1 Å². The van der Waals surface area contributed by atoms with E-state index < -0.39 is 37.3 Å². The second-order valence-corrected chi connectivity index (χ2v) is 7.05. The van der Waals surface area contributed by atoms with Gasteiger partial charge in [-0.05, 0) is 18.2 Å². The first-order valence-corrected chi connectivity index (χ1v) is 9.08. The lowest BCUT2D eigenvalue weighted by Gasteiger charge is -2.28.